The van der Waals surface area contributed by atoms with E-state index in [9.17, 15) is 4.79 Å². The van der Waals surface area contributed by atoms with Gasteiger partial charge in [0.2, 0.25) is 5.91 Å². The van der Waals surface area contributed by atoms with E-state index in [1.165, 1.54) is 25.7 Å². The summed E-state index contributed by atoms with van der Waals surface area (Å²) >= 11 is 0. The van der Waals surface area contributed by atoms with E-state index in [-0.39, 0.29) is 0 Å². The lowest BCUT2D eigenvalue weighted by molar-refractivity contribution is -0.127. The molecular weight excluding hydrogens is 276 g/mol. The van der Waals surface area contributed by atoms with Crippen LogP contribution in [-0.2, 0) is 4.79 Å². The Morgan fingerprint density at radius 1 is 1.32 bits per heavy atom. The molecule has 0 saturated carbocycles. The molecule has 1 unspecified atom stereocenters. The van der Waals surface area contributed by atoms with Gasteiger partial charge in [-0.3, -0.25) is 9.79 Å². The highest BCUT2D eigenvalue weighted by atomic mass is 16.2. The van der Waals surface area contributed by atoms with Crippen molar-refractivity contribution in [1.82, 2.24) is 15.5 Å². The van der Waals surface area contributed by atoms with Gasteiger partial charge in [-0.15, -0.1) is 0 Å². The average molecular weight is 310 g/mol. The molecule has 1 amide bonds. The van der Waals surface area contributed by atoms with Crippen LogP contribution in [0.3, 0.4) is 0 Å². The minimum absolute atomic E-state index is 0.304. The summed E-state index contributed by atoms with van der Waals surface area (Å²) in [6.07, 6.45) is 7.68. The lowest BCUT2D eigenvalue weighted by Gasteiger charge is -2.18. The second-order valence-electron chi connectivity index (χ2n) is 6.14. The van der Waals surface area contributed by atoms with Crippen LogP contribution >= 0.6 is 0 Å². The number of amides is 1. The number of nitrogens with zero attached hydrogens (tertiary/aromatic N) is 2. The normalized spacial score (nSPS) is 17.0. The van der Waals surface area contributed by atoms with Crippen LogP contribution in [0, 0.1) is 0 Å². The molecular formula is C17H34N4O. The molecule has 1 saturated heterocycles. The van der Waals surface area contributed by atoms with Gasteiger partial charge in [0.15, 0.2) is 5.96 Å². The number of hydrogen-bond acceptors (Lipinski definition) is 2. The molecule has 2 N–H and O–H groups in total. The zero-order valence-electron chi connectivity index (χ0n) is 14.7. The van der Waals surface area contributed by atoms with Gasteiger partial charge in [0.05, 0.1) is 0 Å². The summed E-state index contributed by atoms with van der Waals surface area (Å²) in [5.41, 5.74) is 0. The van der Waals surface area contributed by atoms with Crippen molar-refractivity contribution in [3.63, 3.8) is 0 Å². The first-order chi connectivity index (χ1) is 10.7. The molecule has 0 aromatic heterocycles. The molecule has 0 aromatic rings. The van der Waals surface area contributed by atoms with Crippen LogP contribution in [0.25, 0.3) is 0 Å². The summed E-state index contributed by atoms with van der Waals surface area (Å²) in [6.45, 7) is 9.93. The molecule has 0 spiro atoms. The van der Waals surface area contributed by atoms with Crippen LogP contribution in [0.2, 0.25) is 0 Å². The van der Waals surface area contributed by atoms with Gasteiger partial charge in [-0.1, -0.05) is 26.2 Å². The highest BCUT2D eigenvalue weighted by Crippen LogP contribution is 2.09. The van der Waals surface area contributed by atoms with E-state index in [0.717, 1.165) is 51.4 Å². The maximum atomic E-state index is 11.5. The Morgan fingerprint density at radius 3 is 2.77 bits per heavy atom. The molecule has 0 aromatic carbocycles. The summed E-state index contributed by atoms with van der Waals surface area (Å²) in [5, 5.41) is 6.77. The number of hydrogen-bond donors (Lipinski definition) is 2. The minimum Gasteiger partial charge on any atom is -0.357 e. The van der Waals surface area contributed by atoms with Crippen LogP contribution < -0.4 is 10.6 Å². The highest BCUT2D eigenvalue weighted by Gasteiger charge is 2.18. The fourth-order valence-corrected chi connectivity index (χ4v) is 2.72. The van der Waals surface area contributed by atoms with E-state index in [1.54, 1.807) is 0 Å². The molecule has 5 heteroatoms. The highest BCUT2D eigenvalue weighted by molar-refractivity contribution is 5.80. The number of guanidine groups is 1. The summed E-state index contributed by atoms with van der Waals surface area (Å²) in [6, 6.07) is 0.449. The van der Waals surface area contributed by atoms with Gasteiger partial charge in [-0.05, 0) is 33.1 Å². The van der Waals surface area contributed by atoms with Gasteiger partial charge in [0.1, 0.15) is 0 Å². The van der Waals surface area contributed by atoms with Crippen LogP contribution in [-0.4, -0.2) is 49.0 Å². The number of carbonyl (C=O) groups excluding carboxylic acids is 1. The lowest BCUT2D eigenvalue weighted by atomic mass is 10.1. The van der Waals surface area contributed by atoms with E-state index >= 15 is 0 Å². The Morgan fingerprint density at radius 2 is 2.14 bits per heavy atom. The van der Waals surface area contributed by atoms with Crippen molar-refractivity contribution in [3.8, 4) is 0 Å². The van der Waals surface area contributed by atoms with E-state index in [0.29, 0.717) is 11.9 Å². The van der Waals surface area contributed by atoms with Crippen molar-refractivity contribution in [2.45, 2.75) is 71.8 Å². The van der Waals surface area contributed by atoms with E-state index in [1.807, 2.05) is 4.90 Å². The largest absolute Gasteiger partial charge is 0.357 e. The molecule has 5 nitrogen and oxygen atoms in total. The fourth-order valence-electron chi connectivity index (χ4n) is 2.72. The molecule has 1 rings (SSSR count). The second-order valence-corrected chi connectivity index (χ2v) is 6.14. The lowest BCUT2D eigenvalue weighted by Crippen LogP contribution is -2.42. The first kappa shape index (κ1) is 18.8. The number of rotatable bonds is 10. The standard InChI is InChI=1S/C17H34N4O/c1-4-6-7-10-15(3)20-17(18-5-2)19-12-9-14-21-13-8-11-16(21)22/h15H,4-14H2,1-3H3,(H2,18,19,20). The number of likely N-dealkylation sites (tertiary alicyclic amines) is 1. The van der Waals surface area contributed by atoms with Gasteiger partial charge < -0.3 is 15.5 Å². The average Bonchev–Trinajstić information content (AvgIpc) is 2.89. The summed E-state index contributed by atoms with van der Waals surface area (Å²) < 4.78 is 0. The smallest absolute Gasteiger partial charge is 0.222 e. The first-order valence-corrected chi connectivity index (χ1v) is 9.00. The van der Waals surface area contributed by atoms with Crippen molar-refractivity contribution in [3.05, 3.63) is 0 Å². The van der Waals surface area contributed by atoms with Gasteiger partial charge in [-0.2, -0.15) is 0 Å². The zero-order chi connectivity index (χ0) is 16.2. The molecule has 0 radical (unpaired) electrons. The van der Waals surface area contributed by atoms with Crippen molar-refractivity contribution in [2.24, 2.45) is 4.99 Å². The Balaban J connectivity index is 2.26. The maximum absolute atomic E-state index is 11.5. The number of nitrogens with one attached hydrogen (secondary N) is 2. The molecule has 22 heavy (non-hydrogen) atoms. The first-order valence-electron chi connectivity index (χ1n) is 9.00. The van der Waals surface area contributed by atoms with Crippen molar-refractivity contribution in [1.29, 1.82) is 0 Å². The number of aliphatic imine (C=N–C) groups is 1. The molecule has 1 atom stereocenters. The summed E-state index contributed by atoms with van der Waals surface area (Å²) in [5.74, 6) is 1.21. The molecule has 1 heterocycles. The predicted octanol–water partition coefficient (Wildman–Crippen LogP) is 2.52. The third-order valence-electron chi connectivity index (χ3n) is 4.00. The van der Waals surface area contributed by atoms with Gasteiger partial charge in [0.25, 0.3) is 0 Å². The Kier molecular flexibility index (Phi) is 9.67. The quantitative estimate of drug-likeness (QED) is 0.370. The predicted molar refractivity (Wildman–Crippen MR) is 93.1 cm³/mol. The molecule has 0 aliphatic carbocycles. The van der Waals surface area contributed by atoms with Gasteiger partial charge in [0, 0.05) is 38.6 Å². The van der Waals surface area contributed by atoms with Crippen LogP contribution in [0.1, 0.15) is 65.7 Å². The summed E-state index contributed by atoms with van der Waals surface area (Å²) in [7, 11) is 0. The Bertz CT molecular complexity index is 344. The Hall–Kier alpha value is -1.26. The second kappa shape index (κ2) is 11.3. The van der Waals surface area contributed by atoms with Gasteiger partial charge >= 0.3 is 0 Å². The molecule has 1 aliphatic rings. The Labute approximate surface area is 135 Å². The fraction of sp³-hybridized carbons (Fsp3) is 0.882. The monoisotopic (exact) mass is 310 g/mol. The number of unbranched alkanes of at least 4 members (excludes halogenated alkanes) is 2. The van der Waals surface area contributed by atoms with Crippen LogP contribution in [0.5, 0.6) is 0 Å². The van der Waals surface area contributed by atoms with E-state index in [2.05, 4.69) is 36.4 Å². The topological polar surface area (TPSA) is 56.7 Å². The third-order valence-corrected chi connectivity index (χ3v) is 4.00. The molecule has 1 aliphatic heterocycles. The molecule has 0 bridgehead atoms. The third kappa shape index (κ3) is 7.66. The summed E-state index contributed by atoms with van der Waals surface area (Å²) in [4.78, 5) is 18.1. The minimum atomic E-state index is 0.304. The number of carbonyl (C=O) groups is 1. The SMILES string of the molecule is CCCCCC(C)NC(=NCCCN1CCCC1=O)NCC. The molecule has 128 valence electrons. The van der Waals surface area contributed by atoms with Crippen molar-refractivity contribution >= 4 is 11.9 Å². The van der Waals surface area contributed by atoms with E-state index < -0.39 is 0 Å². The van der Waals surface area contributed by atoms with Crippen LogP contribution in [0.15, 0.2) is 4.99 Å². The van der Waals surface area contributed by atoms with Crippen LogP contribution in [0.4, 0.5) is 0 Å². The van der Waals surface area contributed by atoms with E-state index in [4.69, 9.17) is 0 Å². The van der Waals surface area contributed by atoms with Crippen molar-refractivity contribution < 1.29 is 4.79 Å². The van der Waals surface area contributed by atoms with Crippen molar-refractivity contribution in [2.75, 3.05) is 26.2 Å². The maximum Gasteiger partial charge on any atom is 0.222 e. The molecule has 1 fully saturated rings. The zero-order valence-corrected chi connectivity index (χ0v) is 14.7. The van der Waals surface area contributed by atoms with Gasteiger partial charge in [-0.25, -0.2) is 0 Å².